The average Bonchev–Trinajstić information content (AvgIpc) is 3.27. The third kappa shape index (κ3) is 1.89. The van der Waals surface area contributed by atoms with E-state index in [2.05, 4.69) is 97.7 Å². The monoisotopic (exact) mass is 385 g/mol. The van der Waals surface area contributed by atoms with E-state index in [1.54, 1.807) is 5.57 Å². The van der Waals surface area contributed by atoms with Gasteiger partial charge in [0.05, 0.1) is 5.52 Å². The highest BCUT2D eigenvalue weighted by molar-refractivity contribution is 6.25. The normalized spacial score (nSPS) is 19.0. The minimum atomic E-state index is 0.0837. The van der Waals surface area contributed by atoms with Crippen LogP contribution in [0.2, 0.25) is 0 Å². The first kappa shape index (κ1) is 16.5. The van der Waals surface area contributed by atoms with Crippen LogP contribution in [-0.4, -0.2) is 4.98 Å². The molecule has 7 rings (SSSR count). The molecule has 1 N–H and O–H groups in total. The Kier molecular flexibility index (Phi) is 2.98. The van der Waals surface area contributed by atoms with Crippen LogP contribution in [0.25, 0.3) is 38.5 Å². The number of fused-ring (bicyclic) bond motifs is 11. The molecule has 1 heterocycles. The number of allylic oxidation sites excluding steroid dienone is 1. The summed E-state index contributed by atoms with van der Waals surface area (Å²) in [5, 5.41) is 6.79. The van der Waals surface area contributed by atoms with E-state index >= 15 is 0 Å². The zero-order valence-electron chi connectivity index (χ0n) is 17.3. The molecule has 1 aromatic heterocycles. The molecule has 144 valence electrons. The second-order valence-electron chi connectivity index (χ2n) is 9.43. The molecule has 0 spiro atoms. The summed E-state index contributed by atoms with van der Waals surface area (Å²) < 4.78 is 0. The number of hydrogen-bond donors (Lipinski definition) is 1. The molecule has 2 aliphatic carbocycles. The third-order valence-corrected chi connectivity index (χ3v) is 7.63. The largest absolute Gasteiger partial charge is 0.354 e. The predicted molar refractivity (Wildman–Crippen MR) is 127 cm³/mol. The van der Waals surface area contributed by atoms with Crippen molar-refractivity contribution in [1.82, 2.24) is 4.98 Å². The fourth-order valence-electron chi connectivity index (χ4n) is 6.25. The van der Waals surface area contributed by atoms with Gasteiger partial charge in [-0.15, -0.1) is 0 Å². The molecule has 0 saturated heterocycles. The minimum Gasteiger partial charge on any atom is -0.354 e. The van der Waals surface area contributed by atoms with Crippen LogP contribution in [0.15, 0.2) is 78.4 Å². The van der Waals surface area contributed by atoms with Gasteiger partial charge < -0.3 is 4.98 Å². The summed E-state index contributed by atoms with van der Waals surface area (Å²) in [6, 6.07) is 26.8. The molecule has 1 unspecified atom stereocenters. The van der Waals surface area contributed by atoms with E-state index in [9.17, 15) is 0 Å². The lowest BCUT2D eigenvalue weighted by Crippen LogP contribution is -2.19. The van der Waals surface area contributed by atoms with Crippen LogP contribution in [0.4, 0.5) is 0 Å². The molecular weight excluding hydrogens is 362 g/mol. The topological polar surface area (TPSA) is 15.8 Å². The number of benzene rings is 4. The summed E-state index contributed by atoms with van der Waals surface area (Å²) in [5.74, 6) is 0.480. The van der Waals surface area contributed by atoms with E-state index in [1.807, 2.05) is 0 Å². The first-order valence-corrected chi connectivity index (χ1v) is 10.9. The molecule has 0 saturated carbocycles. The van der Waals surface area contributed by atoms with Gasteiger partial charge >= 0.3 is 0 Å². The molecule has 0 aliphatic heterocycles. The van der Waals surface area contributed by atoms with Gasteiger partial charge in [0, 0.05) is 27.8 Å². The average molecular weight is 386 g/mol. The molecule has 0 fully saturated rings. The maximum atomic E-state index is 3.85. The zero-order chi connectivity index (χ0) is 20.0. The summed E-state index contributed by atoms with van der Waals surface area (Å²) in [7, 11) is 0. The maximum Gasteiger partial charge on any atom is 0.0547 e. The predicted octanol–water partition coefficient (Wildman–Crippen LogP) is 7.49. The molecule has 5 aromatic rings. The molecule has 0 amide bonds. The molecule has 4 aromatic carbocycles. The Morgan fingerprint density at radius 3 is 2.20 bits per heavy atom. The summed E-state index contributed by atoms with van der Waals surface area (Å²) in [4.78, 5) is 3.85. The van der Waals surface area contributed by atoms with Gasteiger partial charge in [-0.3, -0.25) is 0 Å². The van der Waals surface area contributed by atoms with Crippen LogP contribution in [-0.2, 0) is 11.8 Å². The lowest BCUT2D eigenvalue weighted by molar-refractivity contribution is 0.614. The van der Waals surface area contributed by atoms with Crippen molar-refractivity contribution < 1.29 is 0 Å². The van der Waals surface area contributed by atoms with Crippen molar-refractivity contribution in [3.8, 4) is 0 Å². The lowest BCUT2D eigenvalue weighted by Gasteiger charge is -2.27. The van der Waals surface area contributed by atoms with Crippen molar-refractivity contribution >= 4 is 38.5 Å². The highest BCUT2D eigenvalue weighted by Crippen LogP contribution is 2.55. The van der Waals surface area contributed by atoms with E-state index in [-0.39, 0.29) is 5.41 Å². The van der Waals surface area contributed by atoms with Gasteiger partial charge in [0.1, 0.15) is 0 Å². The molecule has 1 heteroatoms. The quantitative estimate of drug-likeness (QED) is 0.266. The van der Waals surface area contributed by atoms with Crippen LogP contribution in [0.5, 0.6) is 0 Å². The van der Waals surface area contributed by atoms with Crippen LogP contribution >= 0.6 is 0 Å². The van der Waals surface area contributed by atoms with E-state index in [0.717, 1.165) is 6.42 Å². The van der Waals surface area contributed by atoms with Crippen molar-refractivity contribution in [3.05, 3.63) is 101 Å². The molecule has 30 heavy (non-hydrogen) atoms. The standard InChI is InChI=1S/C29H23N/c1-29(2)24-14-8-7-11-19(24)22-15-23-26(16-25(22)29)30-28-21-13-6-4-10-18(21)17-9-3-5-12-20(17)27(23)28/h3-14,16,22,30H,15H2,1-2H3. The number of aromatic nitrogens is 1. The summed E-state index contributed by atoms with van der Waals surface area (Å²) in [5.41, 5.74) is 8.71. The highest BCUT2D eigenvalue weighted by atomic mass is 14.7. The SMILES string of the molecule is CC1(C)C2=Cc3[nH]c4c5ccccc5c5ccccc5c4c3CC2c2ccccc21. The van der Waals surface area contributed by atoms with Gasteiger partial charge in [-0.05, 0) is 45.3 Å². The highest BCUT2D eigenvalue weighted by Gasteiger charge is 2.43. The van der Waals surface area contributed by atoms with E-state index in [0.29, 0.717) is 5.92 Å². The molecule has 1 atom stereocenters. The number of aromatic amines is 1. The number of H-pyrrole nitrogens is 1. The van der Waals surface area contributed by atoms with Crippen molar-refractivity contribution in [1.29, 1.82) is 0 Å². The van der Waals surface area contributed by atoms with E-state index in [4.69, 9.17) is 0 Å². The lowest BCUT2D eigenvalue weighted by atomic mass is 9.76. The van der Waals surface area contributed by atoms with Gasteiger partial charge in [0.2, 0.25) is 0 Å². The van der Waals surface area contributed by atoms with Gasteiger partial charge in [0.25, 0.3) is 0 Å². The summed E-state index contributed by atoms with van der Waals surface area (Å²) in [6.45, 7) is 4.77. The third-order valence-electron chi connectivity index (χ3n) is 7.63. The summed E-state index contributed by atoms with van der Waals surface area (Å²) >= 11 is 0. The van der Waals surface area contributed by atoms with Gasteiger partial charge in [0.15, 0.2) is 0 Å². The number of hydrogen-bond acceptors (Lipinski definition) is 0. The Labute approximate surface area is 176 Å². The Morgan fingerprint density at radius 2 is 1.40 bits per heavy atom. The Balaban J connectivity index is 1.61. The number of rotatable bonds is 0. The fraction of sp³-hybridized carbons (Fsp3) is 0.172. The van der Waals surface area contributed by atoms with Crippen molar-refractivity contribution in [2.24, 2.45) is 0 Å². The van der Waals surface area contributed by atoms with Crippen molar-refractivity contribution in [2.75, 3.05) is 0 Å². The molecule has 2 aliphatic rings. The first-order valence-electron chi connectivity index (χ1n) is 10.9. The molecular formula is C29H23N. The second-order valence-corrected chi connectivity index (χ2v) is 9.43. The Hall–Kier alpha value is -3.32. The Morgan fingerprint density at radius 1 is 0.767 bits per heavy atom. The van der Waals surface area contributed by atoms with Crippen molar-refractivity contribution in [3.63, 3.8) is 0 Å². The van der Waals surface area contributed by atoms with Crippen LogP contribution < -0.4 is 0 Å². The zero-order valence-corrected chi connectivity index (χ0v) is 17.3. The van der Waals surface area contributed by atoms with Crippen LogP contribution in [0.3, 0.4) is 0 Å². The molecule has 0 bridgehead atoms. The van der Waals surface area contributed by atoms with Crippen LogP contribution in [0, 0.1) is 0 Å². The minimum absolute atomic E-state index is 0.0837. The maximum absolute atomic E-state index is 3.85. The van der Waals surface area contributed by atoms with Gasteiger partial charge in [-0.1, -0.05) is 92.2 Å². The first-order chi connectivity index (χ1) is 14.6. The smallest absolute Gasteiger partial charge is 0.0547 e. The van der Waals surface area contributed by atoms with Gasteiger partial charge in [-0.2, -0.15) is 0 Å². The second kappa shape index (κ2) is 5.43. The van der Waals surface area contributed by atoms with Crippen LogP contribution in [0.1, 0.15) is 42.1 Å². The van der Waals surface area contributed by atoms with Crippen molar-refractivity contribution in [2.45, 2.75) is 31.6 Å². The van der Waals surface area contributed by atoms with Gasteiger partial charge in [-0.25, -0.2) is 0 Å². The molecule has 0 radical (unpaired) electrons. The summed E-state index contributed by atoms with van der Waals surface area (Å²) in [6.07, 6.45) is 3.54. The molecule has 1 nitrogen and oxygen atoms in total. The van der Waals surface area contributed by atoms with E-state index in [1.165, 1.54) is 54.8 Å². The van der Waals surface area contributed by atoms with E-state index < -0.39 is 0 Å². The number of nitrogens with one attached hydrogen (secondary N) is 1. The Bertz CT molecular complexity index is 1540. The fourth-order valence-corrected chi connectivity index (χ4v) is 6.25.